The van der Waals surface area contributed by atoms with Crippen molar-refractivity contribution >= 4 is 0 Å². The molecule has 0 radical (unpaired) electrons. The summed E-state index contributed by atoms with van der Waals surface area (Å²) < 4.78 is 20.1. The van der Waals surface area contributed by atoms with Gasteiger partial charge in [-0.15, -0.1) is 0 Å². The van der Waals surface area contributed by atoms with E-state index in [1.807, 2.05) is 17.7 Å². The minimum absolute atomic E-state index is 0.163. The lowest BCUT2D eigenvalue weighted by Crippen LogP contribution is -2.38. The third-order valence-corrected chi connectivity index (χ3v) is 3.00. The molecule has 2 atom stereocenters. The average Bonchev–Trinajstić information content (AvgIpc) is 2.97. The number of hydrogen-bond acceptors (Lipinski definition) is 4. The van der Waals surface area contributed by atoms with Gasteiger partial charge in [0, 0.05) is 31.5 Å². The van der Waals surface area contributed by atoms with E-state index in [0.717, 1.165) is 6.54 Å². The summed E-state index contributed by atoms with van der Waals surface area (Å²) in [5.41, 5.74) is 0. The van der Waals surface area contributed by atoms with Crippen LogP contribution in [0.2, 0.25) is 0 Å². The largest absolute Gasteiger partial charge is 0.491 e. The summed E-state index contributed by atoms with van der Waals surface area (Å²) in [6.07, 6.45) is 4.76. The molecule has 1 heterocycles. The van der Waals surface area contributed by atoms with Crippen molar-refractivity contribution < 1.29 is 14.2 Å². The van der Waals surface area contributed by atoms with Crippen LogP contribution in [0.25, 0.3) is 0 Å². The van der Waals surface area contributed by atoms with Crippen molar-refractivity contribution in [3.8, 4) is 5.75 Å². The molecule has 1 aromatic heterocycles. The zero-order chi connectivity index (χ0) is 15.1. The third-order valence-electron chi connectivity index (χ3n) is 3.00. The Labute approximate surface area is 123 Å². The maximum atomic E-state index is 12.7. The first-order valence-corrected chi connectivity index (χ1v) is 6.89. The smallest absolute Gasteiger partial charge is 0.123 e. The maximum Gasteiger partial charge on any atom is 0.123 e. The molecule has 2 unspecified atom stereocenters. The fraction of sp³-hybridized carbons (Fsp3) is 0.400. The second kappa shape index (κ2) is 7.75. The lowest BCUT2D eigenvalue weighted by atomic mass is 10.3. The molecule has 1 aromatic carbocycles. The molecule has 0 aliphatic carbocycles. The SMILES string of the molecule is CC(Cn1ccnc1)NCC(O)COc1ccc(F)cc1. The van der Waals surface area contributed by atoms with Gasteiger partial charge in [-0.25, -0.2) is 9.37 Å². The number of benzene rings is 1. The Morgan fingerprint density at radius 2 is 2.14 bits per heavy atom. The molecule has 21 heavy (non-hydrogen) atoms. The zero-order valence-corrected chi connectivity index (χ0v) is 11.9. The van der Waals surface area contributed by atoms with Crippen LogP contribution in [0.3, 0.4) is 0 Å². The normalized spacial score (nSPS) is 13.9. The number of imidazole rings is 1. The highest BCUT2D eigenvalue weighted by Crippen LogP contribution is 2.11. The molecule has 0 fully saturated rings. The molecule has 0 aliphatic heterocycles. The van der Waals surface area contributed by atoms with Gasteiger partial charge in [0.15, 0.2) is 0 Å². The molecular weight excluding hydrogens is 273 g/mol. The first-order valence-electron chi connectivity index (χ1n) is 6.89. The van der Waals surface area contributed by atoms with Crippen molar-refractivity contribution in [2.45, 2.75) is 25.6 Å². The van der Waals surface area contributed by atoms with Crippen molar-refractivity contribution in [2.24, 2.45) is 0 Å². The number of aliphatic hydroxyl groups excluding tert-OH is 1. The van der Waals surface area contributed by atoms with E-state index in [1.54, 1.807) is 12.5 Å². The van der Waals surface area contributed by atoms with E-state index >= 15 is 0 Å². The number of aliphatic hydroxyl groups is 1. The Morgan fingerprint density at radius 1 is 1.38 bits per heavy atom. The topological polar surface area (TPSA) is 59.3 Å². The zero-order valence-electron chi connectivity index (χ0n) is 11.9. The van der Waals surface area contributed by atoms with Crippen molar-refractivity contribution in [3.05, 3.63) is 48.8 Å². The molecule has 0 spiro atoms. The number of ether oxygens (including phenoxy) is 1. The Hall–Kier alpha value is -1.92. The molecule has 114 valence electrons. The average molecular weight is 293 g/mol. The van der Waals surface area contributed by atoms with E-state index in [0.29, 0.717) is 12.3 Å². The van der Waals surface area contributed by atoms with E-state index in [4.69, 9.17) is 4.74 Å². The first kappa shape index (κ1) is 15.5. The van der Waals surface area contributed by atoms with Gasteiger partial charge in [-0.2, -0.15) is 0 Å². The highest BCUT2D eigenvalue weighted by molar-refractivity contribution is 5.22. The van der Waals surface area contributed by atoms with Crippen molar-refractivity contribution in [1.29, 1.82) is 0 Å². The van der Waals surface area contributed by atoms with Gasteiger partial charge in [-0.3, -0.25) is 0 Å². The maximum absolute atomic E-state index is 12.7. The molecule has 0 saturated heterocycles. The summed E-state index contributed by atoms with van der Waals surface area (Å²) in [5.74, 6) is 0.236. The van der Waals surface area contributed by atoms with Crippen LogP contribution in [0, 0.1) is 5.82 Å². The third kappa shape index (κ3) is 5.53. The van der Waals surface area contributed by atoms with Crippen molar-refractivity contribution in [3.63, 3.8) is 0 Å². The highest BCUT2D eigenvalue weighted by Gasteiger charge is 2.08. The van der Waals surface area contributed by atoms with Crippen molar-refractivity contribution in [2.75, 3.05) is 13.2 Å². The summed E-state index contributed by atoms with van der Waals surface area (Å²) in [5, 5.41) is 13.1. The molecule has 2 rings (SSSR count). The fourth-order valence-corrected chi connectivity index (χ4v) is 1.89. The predicted octanol–water partition coefficient (Wildman–Crippen LogP) is 1.44. The summed E-state index contributed by atoms with van der Waals surface area (Å²) in [7, 11) is 0. The fourth-order valence-electron chi connectivity index (χ4n) is 1.89. The van der Waals surface area contributed by atoms with E-state index in [9.17, 15) is 9.50 Å². The van der Waals surface area contributed by atoms with E-state index in [2.05, 4.69) is 10.3 Å². The quantitative estimate of drug-likeness (QED) is 0.773. The van der Waals surface area contributed by atoms with E-state index in [-0.39, 0.29) is 18.5 Å². The lowest BCUT2D eigenvalue weighted by Gasteiger charge is -2.18. The Morgan fingerprint density at radius 3 is 2.81 bits per heavy atom. The Bertz CT molecular complexity index is 516. The number of halogens is 1. The van der Waals surface area contributed by atoms with Crippen LogP contribution in [0.15, 0.2) is 43.0 Å². The van der Waals surface area contributed by atoms with Gasteiger partial charge >= 0.3 is 0 Å². The molecule has 2 aromatic rings. The molecule has 0 amide bonds. The van der Waals surface area contributed by atoms with E-state index < -0.39 is 6.10 Å². The van der Waals surface area contributed by atoms with Crippen LogP contribution in [0.5, 0.6) is 5.75 Å². The molecule has 0 aliphatic rings. The number of nitrogens with zero attached hydrogens (tertiary/aromatic N) is 2. The number of aromatic nitrogens is 2. The first-order chi connectivity index (χ1) is 10.1. The standard InChI is InChI=1S/C15H20FN3O2/c1-12(9-19-7-6-17-11-19)18-8-14(20)10-21-15-4-2-13(16)3-5-15/h2-7,11-12,14,18,20H,8-10H2,1H3. The monoisotopic (exact) mass is 293 g/mol. The van der Waals surface area contributed by atoms with Gasteiger partial charge in [0.05, 0.1) is 6.33 Å². The minimum Gasteiger partial charge on any atom is -0.491 e. The molecule has 2 N–H and O–H groups in total. The number of nitrogens with one attached hydrogen (secondary N) is 1. The van der Waals surface area contributed by atoms with Crippen LogP contribution in [-0.2, 0) is 6.54 Å². The van der Waals surface area contributed by atoms with Gasteiger partial charge in [-0.05, 0) is 31.2 Å². The Balaban J connectivity index is 1.65. The van der Waals surface area contributed by atoms with Crippen LogP contribution < -0.4 is 10.1 Å². The van der Waals surface area contributed by atoms with Gasteiger partial charge in [0.2, 0.25) is 0 Å². The van der Waals surface area contributed by atoms with Gasteiger partial charge in [0.25, 0.3) is 0 Å². The summed E-state index contributed by atoms with van der Waals surface area (Å²) >= 11 is 0. The molecule has 0 saturated carbocycles. The molecule has 6 heteroatoms. The van der Waals surface area contributed by atoms with Crippen LogP contribution in [0.1, 0.15) is 6.92 Å². The number of hydrogen-bond donors (Lipinski definition) is 2. The molecule has 0 bridgehead atoms. The second-order valence-electron chi connectivity index (χ2n) is 4.99. The summed E-state index contributed by atoms with van der Waals surface area (Å²) in [6.45, 7) is 3.41. The minimum atomic E-state index is -0.625. The Kier molecular flexibility index (Phi) is 5.71. The lowest BCUT2D eigenvalue weighted by molar-refractivity contribution is 0.103. The van der Waals surface area contributed by atoms with Crippen LogP contribution in [-0.4, -0.2) is 40.0 Å². The summed E-state index contributed by atoms with van der Waals surface area (Å²) in [6, 6.07) is 5.94. The van der Waals surface area contributed by atoms with Gasteiger partial charge < -0.3 is 19.7 Å². The molecule has 5 nitrogen and oxygen atoms in total. The van der Waals surface area contributed by atoms with Crippen LogP contribution >= 0.6 is 0 Å². The van der Waals surface area contributed by atoms with Gasteiger partial charge in [0.1, 0.15) is 24.3 Å². The highest BCUT2D eigenvalue weighted by atomic mass is 19.1. The van der Waals surface area contributed by atoms with Gasteiger partial charge in [-0.1, -0.05) is 0 Å². The van der Waals surface area contributed by atoms with Crippen LogP contribution in [0.4, 0.5) is 4.39 Å². The predicted molar refractivity (Wildman–Crippen MR) is 77.6 cm³/mol. The molecular formula is C15H20FN3O2. The second-order valence-corrected chi connectivity index (χ2v) is 4.99. The summed E-state index contributed by atoms with van der Waals surface area (Å²) in [4.78, 5) is 3.98. The number of rotatable bonds is 8. The van der Waals surface area contributed by atoms with E-state index in [1.165, 1.54) is 24.3 Å². The van der Waals surface area contributed by atoms with Crippen molar-refractivity contribution in [1.82, 2.24) is 14.9 Å².